The minimum absolute atomic E-state index is 0.184. The zero-order valence-electron chi connectivity index (χ0n) is 10.7. The number of hydrogen-bond donors (Lipinski definition) is 0. The third-order valence-electron chi connectivity index (χ3n) is 3.30. The highest BCUT2D eigenvalue weighted by Gasteiger charge is 2.10. The van der Waals surface area contributed by atoms with Crippen molar-refractivity contribution in [1.82, 2.24) is 0 Å². The maximum absolute atomic E-state index is 13.1. The summed E-state index contributed by atoms with van der Waals surface area (Å²) in [5.74, 6) is 5.73. The van der Waals surface area contributed by atoms with Crippen LogP contribution in [0.25, 0.3) is 0 Å². The van der Waals surface area contributed by atoms with Gasteiger partial charge >= 0.3 is 0 Å². The van der Waals surface area contributed by atoms with Crippen LogP contribution < -0.4 is 0 Å². The van der Waals surface area contributed by atoms with E-state index < -0.39 is 0 Å². The third kappa shape index (κ3) is 3.70. The summed E-state index contributed by atoms with van der Waals surface area (Å²) in [7, 11) is 0. The highest BCUT2D eigenvalue weighted by molar-refractivity contribution is 5.79. The minimum atomic E-state index is -0.184. The van der Waals surface area contributed by atoms with Crippen molar-refractivity contribution >= 4 is 6.21 Å². The van der Waals surface area contributed by atoms with Gasteiger partial charge < -0.3 is 0 Å². The summed E-state index contributed by atoms with van der Waals surface area (Å²) in [6.45, 7) is 1.75. The second-order valence-corrected chi connectivity index (χ2v) is 4.80. The molecule has 0 spiro atoms. The molecule has 2 rings (SSSR count). The van der Waals surface area contributed by atoms with E-state index in [9.17, 15) is 4.39 Å². The molecule has 1 nitrogen and oxygen atoms in total. The fourth-order valence-corrected chi connectivity index (χ4v) is 2.21. The Kier molecular flexibility index (Phi) is 4.52. The predicted molar refractivity (Wildman–Crippen MR) is 73.4 cm³/mol. The summed E-state index contributed by atoms with van der Waals surface area (Å²) in [5.41, 5.74) is 1.47. The molecule has 1 aliphatic rings. The third-order valence-corrected chi connectivity index (χ3v) is 3.30. The molecule has 1 aromatic rings. The number of aliphatic imine (C=N–C) groups is 1. The van der Waals surface area contributed by atoms with Gasteiger partial charge in [0, 0.05) is 5.56 Å². The molecule has 1 saturated carbocycles. The Hall–Kier alpha value is -1.62. The smallest absolute Gasteiger partial charge is 0.126 e. The van der Waals surface area contributed by atoms with Gasteiger partial charge in [-0.15, -0.1) is 0 Å². The number of hydrogen-bond acceptors (Lipinski definition) is 1. The Labute approximate surface area is 108 Å². The zero-order chi connectivity index (χ0) is 12.8. The molecule has 0 saturated heterocycles. The highest BCUT2D eigenvalue weighted by Crippen LogP contribution is 2.19. The van der Waals surface area contributed by atoms with Gasteiger partial charge in [-0.25, -0.2) is 4.39 Å². The number of rotatable bonds is 1. The molecule has 18 heavy (non-hydrogen) atoms. The number of benzene rings is 1. The number of aryl methyl sites for hydroxylation is 1. The molecule has 0 heterocycles. The maximum Gasteiger partial charge on any atom is 0.126 e. The first-order chi connectivity index (χ1) is 8.75. The summed E-state index contributed by atoms with van der Waals surface area (Å²) in [4.78, 5) is 4.47. The van der Waals surface area contributed by atoms with Gasteiger partial charge in [0.05, 0.1) is 12.3 Å². The van der Waals surface area contributed by atoms with Crippen molar-refractivity contribution < 1.29 is 4.39 Å². The first-order valence-corrected chi connectivity index (χ1v) is 6.55. The van der Waals surface area contributed by atoms with Gasteiger partial charge in [0.25, 0.3) is 0 Å². The van der Waals surface area contributed by atoms with Crippen molar-refractivity contribution in [2.45, 2.75) is 45.1 Å². The molecule has 1 aliphatic carbocycles. The number of nitrogens with zero attached hydrogens (tertiary/aromatic N) is 1. The van der Waals surface area contributed by atoms with E-state index in [1.165, 1.54) is 38.2 Å². The van der Waals surface area contributed by atoms with E-state index in [4.69, 9.17) is 0 Å². The van der Waals surface area contributed by atoms with Crippen LogP contribution in [0.15, 0.2) is 23.2 Å². The lowest BCUT2D eigenvalue weighted by molar-refractivity contribution is 0.444. The molecule has 0 unspecified atom stereocenters. The van der Waals surface area contributed by atoms with E-state index in [1.807, 2.05) is 0 Å². The first-order valence-electron chi connectivity index (χ1n) is 6.55. The fraction of sp³-hybridized carbons (Fsp3) is 0.438. The zero-order valence-corrected chi connectivity index (χ0v) is 10.7. The van der Waals surface area contributed by atoms with E-state index >= 15 is 0 Å². The fourth-order valence-electron chi connectivity index (χ4n) is 2.21. The van der Waals surface area contributed by atoms with Gasteiger partial charge in [0.1, 0.15) is 5.82 Å². The Balaban J connectivity index is 1.94. The largest absolute Gasteiger partial charge is 0.281 e. The average Bonchev–Trinajstić information content (AvgIpc) is 2.40. The standard InChI is InChI=1S/C16H18FN/c1-13-12-14(9-10-16(13)17)6-5-11-18-15-7-3-2-4-8-15/h9-12,15H,2-4,7-8H2,1H3. The summed E-state index contributed by atoms with van der Waals surface area (Å²) >= 11 is 0. The molecule has 0 aromatic heterocycles. The predicted octanol–water partition coefficient (Wildman–Crippen LogP) is 3.89. The van der Waals surface area contributed by atoms with Gasteiger partial charge in [-0.3, -0.25) is 4.99 Å². The van der Waals surface area contributed by atoms with Crippen LogP contribution in [0, 0.1) is 24.6 Å². The molecule has 1 fully saturated rings. The van der Waals surface area contributed by atoms with Crippen molar-refractivity contribution in [3.8, 4) is 11.8 Å². The second kappa shape index (κ2) is 6.35. The van der Waals surface area contributed by atoms with E-state index in [-0.39, 0.29) is 5.82 Å². The van der Waals surface area contributed by atoms with Crippen LogP contribution in [-0.2, 0) is 0 Å². The van der Waals surface area contributed by atoms with Crippen LogP contribution in [-0.4, -0.2) is 12.3 Å². The molecule has 0 atom stereocenters. The lowest BCUT2D eigenvalue weighted by Gasteiger charge is -2.16. The summed E-state index contributed by atoms with van der Waals surface area (Å²) in [6.07, 6.45) is 7.99. The van der Waals surface area contributed by atoms with Crippen LogP contribution in [0.2, 0.25) is 0 Å². The molecule has 0 bridgehead atoms. The quantitative estimate of drug-likeness (QED) is 0.524. The van der Waals surface area contributed by atoms with E-state index in [0.717, 1.165) is 5.56 Å². The highest BCUT2D eigenvalue weighted by atomic mass is 19.1. The molecule has 2 heteroatoms. The van der Waals surface area contributed by atoms with Crippen LogP contribution in [0.4, 0.5) is 4.39 Å². The van der Waals surface area contributed by atoms with Gasteiger partial charge in [-0.2, -0.15) is 0 Å². The Morgan fingerprint density at radius 3 is 2.78 bits per heavy atom. The molecular weight excluding hydrogens is 225 g/mol. The minimum Gasteiger partial charge on any atom is -0.281 e. The molecular formula is C16H18FN. The van der Waals surface area contributed by atoms with Gasteiger partial charge in [0.2, 0.25) is 0 Å². The molecule has 1 aromatic carbocycles. The topological polar surface area (TPSA) is 12.4 Å². The molecule has 94 valence electrons. The van der Waals surface area contributed by atoms with Crippen molar-refractivity contribution in [2.75, 3.05) is 0 Å². The molecule has 0 amide bonds. The molecule has 0 N–H and O–H groups in total. The average molecular weight is 243 g/mol. The van der Waals surface area contributed by atoms with Crippen LogP contribution in [0.1, 0.15) is 43.2 Å². The summed E-state index contributed by atoms with van der Waals surface area (Å²) < 4.78 is 13.1. The van der Waals surface area contributed by atoms with Crippen molar-refractivity contribution in [3.05, 3.63) is 35.1 Å². The monoisotopic (exact) mass is 243 g/mol. The lowest BCUT2D eigenvalue weighted by Crippen LogP contribution is -2.09. The van der Waals surface area contributed by atoms with Crippen LogP contribution in [0.5, 0.6) is 0 Å². The van der Waals surface area contributed by atoms with Crippen molar-refractivity contribution in [1.29, 1.82) is 0 Å². The Morgan fingerprint density at radius 2 is 2.06 bits per heavy atom. The number of halogens is 1. The van der Waals surface area contributed by atoms with Gasteiger partial charge in [-0.1, -0.05) is 25.2 Å². The lowest BCUT2D eigenvalue weighted by atomic mass is 9.96. The van der Waals surface area contributed by atoms with Gasteiger partial charge in [0.15, 0.2) is 0 Å². The Bertz CT molecular complexity index is 488. The maximum atomic E-state index is 13.1. The van der Waals surface area contributed by atoms with Crippen LogP contribution in [0.3, 0.4) is 0 Å². The second-order valence-electron chi connectivity index (χ2n) is 4.80. The van der Waals surface area contributed by atoms with Crippen LogP contribution >= 0.6 is 0 Å². The normalized spacial score (nSPS) is 16.6. The van der Waals surface area contributed by atoms with E-state index in [2.05, 4.69) is 16.8 Å². The van der Waals surface area contributed by atoms with Crippen molar-refractivity contribution in [2.24, 2.45) is 4.99 Å². The SMILES string of the molecule is Cc1cc(C#CC=NC2CCCCC2)ccc1F. The summed E-state index contributed by atoms with van der Waals surface area (Å²) in [6, 6.07) is 5.38. The van der Waals surface area contributed by atoms with Crippen molar-refractivity contribution in [3.63, 3.8) is 0 Å². The van der Waals surface area contributed by atoms with Gasteiger partial charge in [-0.05, 0) is 49.4 Å². The first kappa shape index (κ1) is 12.8. The molecule has 0 aliphatic heterocycles. The van der Waals surface area contributed by atoms with E-state index in [0.29, 0.717) is 11.6 Å². The summed E-state index contributed by atoms with van der Waals surface area (Å²) in [5, 5.41) is 0. The van der Waals surface area contributed by atoms with E-state index in [1.54, 1.807) is 25.3 Å². The Morgan fingerprint density at radius 1 is 1.28 bits per heavy atom. The molecule has 0 radical (unpaired) electrons.